The van der Waals surface area contributed by atoms with E-state index >= 15 is 0 Å². The second-order valence-electron chi connectivity index (χ2n) is 25.2. The van der Waals surface area contributed by atoms with Gasteiger partial charge in [0.05, 0.1) is 49.5 Å². The second kappa shape index (κ2) is 31.2. The Hall–Kier alpha value is -4.75. The summed E-state index contributed by atoms with van der Waals surface area (Å²) >= 11 is 1.41. The zero-order valence-corrected chi connectivity index (χ0v) is 58.8. The Kier molecular flexibility index (Phi) is 24.3. The standard InChI is InChI=1S/C26H34N6O2Si.C22H29BrN4O2Si.C4H5N2.3C4H9.Sn/c1-30-17-23(28-18-30)20-5-6-24-22(15-20)26(29-32(24)19-34-13-14-35(2,3)4)21-7-8-27-25(16-21)31-9-11-33-12-10-31;1-30(2,3)13-12-29-16-27-20-5-4-18(23)15-19(20)22(25-27)17-6-7-24-21(14-17)26-8-10-28-11-9-26;1-6-3-2-5-4-6;3*1-3-4-2;/h5-8,15-18H,9-14,19H2,1-4H3;4-7,14-15H,8-13,16H2,1-3H3;3-4H,1H3;3*1,3-4H2,2H3;. The summed E-state index contributed by atoms with van der Waals surface area (Å²) in [5.41, 5.74) is 8.15. The van der Waals surface area contributed by atoms with Crippen LogP contribution in [0, 0.1) is 0 Å². The molecule has 0 unspecified atom stereocenters. The molecule has 20 heteroatoms. The number of aromatic nitrogens is 10. The van der Waals surface area contributed by atoms with E-state index in [0.717, 1.165) is 150 Å². The van der Waals surface area contributed by atoms with Crippen molar-refractivity contribution in [1.29, 1.82) is 0 Å². The molecule has 454 valence electrons. The van der Waals surface area contributed by atoms with Crippen molar-refractivity contribution in [3.8, 4) is 33.8 Å². The fraction of sp³-hybridized carbons (Fsp3) is 0.531. The van der Waals surface area contributed by atoms with Crippen LogP contribution in [0.25, 0.3) is 55.6 Å². The maximum absolute atomic E-state index is 6.08. The quantitative estimate of drug-likeness (QED) is 0.0397. The van der Waals surface area contributed by atoms with Gasteiger partial charge < -0.3 is 33.3 Å². The molecule has 0 spiro atoms. The van der Waals surface area contributed by atoms with Gasteiger partial charge >= 0.3 is 124 Å². The molecule has 0 radical (unpaired) electrons. The maximum Gasteiger partial charge on any atom is 0.140 e. The Bertz CT molecular complexity index is 3280. The Labute approximate surface area is 515 Å². The molecule has 2 aliphatic rings. The van der Waals surface area contributed by atoms with E-state index in [2.05, 4.69) is 167 Å². The minimum Gasteiger partial charge on any atom is -0.378 e. The predicted molar refractivity (Wildman–Crippen MR) is 358 cm³/mol. The molecule has 8 heterocycles. The summed E-state index contributed by atoms with van der Waals surface area (Å²) in [5.74, 6) is 1.93. The summed E-state index contributed by atoms with van der Waals surface area (Å²) in [6.45, 7) is 30.0. The van der Waals surface area contributed by atoms with Gasteiger partial charge in [0.15, 0.2) is 0 Å². The molecule has 2 saturated heterocycles. The van der Waals surface area contributed by atoms with Gasteiger partial charge in [0.1, 0.15) is 36.5 Å². The molecule has 10 rings (SSSR count). The number of aryl methyl sites for hydroxylation is 2. The molecule has 0 N–H and O–H groups in total. The first-order valence-electron chi connectivity index (χ1n) is 30.8. The molecule has 0 bridgehead atoms. The SMILES string of the molecule is CCC[CH2][Sn]([CH2]CCC)([CH2]CCC)[c]1cn(C)cn1.C[Si](C)(C)CCOCn1nc(-c2ccnc(N3CCOCC3)c2)c2cc(Br)ccc21.Cn1cnc(-c2ccc3c(c2)c(-c2ccnc(N4CCOCC4)c2)nn3COCC[Si](C)(C)C)c1. The van der Waals surface area contributed by atoms with Crippen molar-refractivity contribution < 1.29 is 18.9 Å². The Morgan fingerprint density at radius 3 is 1.45 bits per heavy atom. The minimum absolute atomic E-state index is 0.436. The van der Waals surface area contributed by atoms with E-state index in [9.17, 15) is 0 Å². The van der Waals surface area contributed by atoms with Crippen LogP contribution in [0.2, 0.25) is 64.7 Å². The molecule has 84 heavy (non-hydrogen) atoms. The van der Waals surface area contributed by atoms with Gasteiger partial charge in [-0.3, -0.25) is 0 Å². The zero-order chi connectivity index (χ0) is 59.7. The number of imidazole rings is 2. The van der Waals surface area contributed by atoms with E-state index in [1.165, 1.54) is 51.8 Å². The third-order valence-corrected chi connectivity index (χ3v) is 34.8. The Balaban J connectivity index is 0.000000172. The number of fused-ring (bicyclic) bond motifs is 2. The van der Waals surface area contributed by atoms with Gasteiger partial charge in [-0.1, -0.05) is 61.3 Å². The van der Waals surface area contributed by atoms with Crippen molar-refractivity contribution in [3.63, 3.8) is 0 Å². The Morgan fingerprint density at radius 1 is 0.548 bits per heavy atom. The van der Waals surface area contributed by atoms with Crippen LogP contribution in [0.3, 0.4) is 0 Å². The number of halogens is 1. The number of benzene rings is 2. The van der Waals surface area contributed by atoms with Crippen LogP contribution in [-0.2, 0) is 46.5 Å². The number of hydrogen-bond donors (Lipinski definition) is 0. The molecule has 2 fully saturated rings. The summed E-state index contributed by atoms with van der Waals surface area (Å²) in [6.07, 6.45) is 20.2. The average molecular weight is 1350 g/mol. The first kappa shape index (κ1) is 65.2. The summed E-state index contributed by atoms with van der Waals surface area (Å²) in [7, 11) is 1.85. The van der Waals surface area contributed by atoms with Gasteiger partial charge in [-0.15, -0.1) is 0 Å². The van der Waals surface area contributed by atoms with Gasteiger partial charge in [-0.2, -0.15) is 10.2 Å². The van der Waals surface area contributed by atoms with E-state index in [-0.39, 0.29) is 0 Å². The predicted octanol–water partition coefficient (Wildman–Crippen LogP) is 14.1. The summed E-state index contributed by atoms with van der Waals surface area (Å²) in [4.78, 5) is 23.1. The molecule has 0 amide bonds. The van der Waals surface area contributed by atoms with Crippen LogP contribution in [-0.4, -0.2) is 149 Å². The summed E-state index contributed by atoms with van der Waals surface area (Å²) < 4.78 is 38.3. The van der Waals surface area contributed by atoms with Crippen LogP contribution in [0.15, 0.2) is 103 Å². The van der Waals surface area contributed by atoms with Crippen molar-refractivity contribution in [3.05, 3.63) is 103 Å². The van der Waals surface area contributed by atoms with Crippen LogP contribution in [0.1, 0.15) is 59.3 Å². The van der Waals surface area contributed by atoms with Gasteiger partial charge in [0.25, 0.3) is 0 Å². The minimum atomic E-state index is -2.21. The van der Waals surface area contributed by atoms with Crippen LogP contribution in [0.5, 0.6) is 0 Å². The van der Waals surface area contributed by atoms with E-state index in [1.54, 1.807) is 3.71 Å². The van der Waals surface area contributed by atoms with Crippen molar-refractivity contribution in [2.75, 3.05) is 75.6 Å². The van der Waals surface area contributed by atoms with Gasteiger partial charge in [-0.05, 0) is 66.7 Å². The molecule has 0 atom stereocenters. The van der Waals surface area contributed by atoms with Crippen molar-refractivity contribution in [2.45, 2.75) is 137 Å². The van der Waals surface area contributed by atoms with Crippen molar-refractivity contribution in [2.24, 2.45) is 14.1 Å². The smallest absolute Gasteiger partial charge is 0.140 e. The topological polar surface area (TPSA) is 140 Å². The molecule has 0 aliphatic carbocycles. The molecule has 6 aromatic heterocycles. The monoisotopic (exact) mass is 1350 g/mol. The molecular formula is C64H95BrN12O4Si2Sn. The number of ether oxygens (including phenoxy) is 4. The number of rotatable bonds is 25. The van der Waals surface area contributed by atoms with E-state index < -0.39 is 34.5 Å². The molecule has 2 aliphatic heterocycles. The van der Waals surface area contributed by atoms with Gasteiger partial charge in [0, 0.05) is 113 Å². The van der Waals surface area contributed by atoms with Crippen molar-refractivity contribution in [1.82, 2.24) is 48.6 Å². The summed E-state index contributed by atoms with van der Waals surface area (Å²) in [6, 6.07) is 23.3. The number of anilines is 2. The van der Waals surface area contributed by atoms with Crippen molar-refractivity contribution >= 4 is 87.6 Å². The number of pyridine rings is 2. The molecule has 8 aromatic rings. The maximum atomic E-state index is 6.08. The van der Waals surface area contributed by atoms with Gasteiger partial charge in [-0.25, -0.2) is 24.3 Å². The third-order valence-electron chi connectivity index (χ3n) is 15.9. The van der Waals surface area contributed by atoms with Crippen LogP contribution < -0.4 is 13.5 Å². The van der Waals surface area contributed by atoms with Crippen LogP contribution in [0.4, 0.5) is 11.6 Å². The first-order chi connectivity index (χ1) is 40.5. The second-order valence-corrected chi connectivity index (χ2v) is 50.4. The van der Waals surface area contributed by atoms with Crippen LogP contribution >= 0.6 is 15.9 Å². The number of unbranched alkanes of at least 4 members (excludes halogenated alkanes) is 3. The third kappa shape index (κ3) is 18.4. The fourth-order valence-corrected chi connectivity index (χ4v) is 28.1. The largest absolute Gasteiger partial charge is 0.378 e. The number of morpholine rings is 2. The first-order valence-corrected chi connectivity index (χ1v) is 46.5. The summed E-state index contributed by atoms with van der Waals surface area (Å²) in [5, 5.41) is 12.2. The van der Waals surface area contributed by atoms with Gasteiger partial charge in [0.2, 0.25) is 0 Å². The number of nitrogens with zero attached hydrogens (tertiary/aromatic N) is 12. The normalized spacial score (nSPS) is 14.2. The molecular weight excluding hydrogens is 1260 g/mol. The molecule has 2 aromatic carbocycles. The number of hydrogen-bond acceptors (Lipinski definition) is 12. The molecule has 0 saturated carbocycles. The average Bonchev–Trinajstić information content (AvgIpc) is 4.33. The fourth-order valence-electron chi connectivity index (χ4n) is 10.8. The van der Waals surface area contributed by atoms with E-state index in [0.29, 0.717) is 13.5 Å². The van der Waals surface area contributed by atoms with E-state index in [4.69, 9.17) is 34.1 Å². The zero-order valence-electron chi connectivity index (χ0n) is 52.4. The molecule has 16 nitrogen and oxygen atoms in total. The Morgan fingerprint density at radius 2 is 1.01 bits per heavy atom. The van der Waals surface area contributed by atoms with E-state index in [1.807, 2.05) is 64.4 Å².